The molecule has 1 unspecified atom stereocenters. The maximum atomic E-state index is 13.9. The monoisotopic (exact) mass is 309 g/mol. The van der Waals surface area contributed by atoms with E-state index in [0.29, 0.717) is 5.56 Å². The molecule has 0 bridgehead atoms. The van der Waals surface area contributed by atoms with E-state index < -0.39 is 23.7 Å². The summed E-state index contributed by atoms with van der Waals surface area (Å²) < 4.78 is 19.1. The molecule has 1 aliphatic heterocycles. The lowest BCUT2D eigenvalue weighted by Crippen LogP contribution is -2.43. The number of ether oxygens (including phenoxy) is 1. The summed E-state index contributed by atoms with van der Waals surface area (Å²) in [7, 11) is 0. The van der Waals surface area contributed by atoms with E-state index >= 15 is 0 Å². The number of hydrogen-bond donors (Lipinski definition) is 1. The lowest BCUT2D eigenvalue weighted by Gasteiger charge is -2.26. The quantitative estimate of drug-likeness (QED) is 0.912. The number of likely N-dealkylation sites (tertiary alicyclic amines) is 1. The number of rotatable bonds is 2. The molecule has 0 radical (unpaired) electrons. The number of hydrogen-bond acceptors (Lipinski definition) is 3. The van der Waals surface area contributed by atoms with Crippen molar-refractivity contribution in [1.29, 1.82) is 0 Å². The topological polar surface area (TPSA) is 66.8 Å². The van der Waals surface area contributed by atoms with Gasteiger partial charge in [0.15, 0.2) is 0 Å². The summed E-state index contributed by atoms with van der Waals surface area (Å²) in [5.74, 6) is -1.85. The summed E-state index contributed by atoms with van der Waals surface area (Å²) >= 11 is 0. The molecule has 0 saturated carbocycles. The van der Waals surface area contributed by atoms with Crippen molar-refractivity contribution >= 4 is 12.1 Å². The van der Waals surface area contributed by atoms with Crippen molar-refractivity contribution in [2.45, 2.75) is 44.8 Å². The van der Waals surface area contributed by atoms with Gasteiger partial charge in [0.2, 0.25) is 0 Å². The summed E-state index contributed by atoms with van der Waals surface area (Å²) in [5.41, 5.74) is -0.282. The van der Waals surface area contributed by atoms with Crippen molar-refractivity contribution in [2.75, 3.05) is 6.54 Å². The maximum absolute atomic E-state index is 13.9. The first-order valence-corrected chi connectivity index (χ1v) is 7.16. The molecule has 1 aromatic carbocycles. The van der Waals surface area contributed by atoms with Crippen LogP contribution in [0.1, 0.15) is 38.7 Å². The number of aliphatic carboxylic acids is 1. The van der Waals surface area contributed by atoms with E-state index in [1.165, 1.54) is 11.0 Å². The van der Waals surface area contributed by atoms with Crippen LogP contribution in [0.15, 0.2) is 24.3 Å². The van der Waals surface area contributed by atoms with Crippen molar-refractivity contribution < 1.29 is 23.8 Å². The van der Waals surface area contributed by atoms with Gasteiger partial charge in [0.25, 0.3) is 0 Å². The third-order valence-electron chi connectivity index (χ3n) is 3.56. The molecule has 1 saturated heterocycles. The maximum Gasteiger partial charge on any atom is 0.411 e. The summed E-state index contributed by atoms with van der Waals surface area (Å²) in [4.78, 5) is 24.8. The SMILES string of the molecule is CC(C)(C)OC(=O)N1CC(c2ccccc2F)C[C@@H]1C(=O)O. The van der Waals surface area contributed by atoms with Gasteiger partial charge in [-0.1, -0.05) is 18.2 Å². The Morgan fingerprint density at radius 1 is 1.32 bits per heavy atom. The lowest BCUT2D eigenvalue weighted by atomic mass is 9.96. The Hall–Kier alpha value is -2.11. The number of halogens is 1. The van der Waals surface area contributed by atoms with Crippen molar-refractivity contribution in [3.05, 3.63) is 35.6 Å². The van der Waals surface area contributed by atoms with E-state index in [-0.39, 0.29) is 24.7 Å². The Labute approximate surface area is 128 Å². The second-order valence-corrected chi connectivity index (χ2v) is 6.44. The largest absolute Gasteiger partial charge is 0.480 e. The molecule has 120 valence electrons. The molecule has 22 heavy (non-hydrogen) atoms. The molecular formula is C16H20FNO4. The van der Waals surface area contributed by atoms with Gasteiger partial charge in [-0.3, -0.25) is 4.90 Å². The van der Waals surface area contributed by atoms with Crippen LogP contribution in [0.2, 0.25) is 0 Å². The third-order valence-corrected chi connectivity index (χ3v) is 3.56. The van der Waals surface area contributed by atoms with Crippen LogP contribution in [0.3, 0.4) is 0 Å². The van der Waals surface area contributed by atoms with Crippen molar-refractivity contribution in [1.82, 2.24) is 4.90 Å². The highest BCUT2D eigenvalue weighted by Gasteiger charge is 2.42. The molecule has 1 N–H and O–H groups in total. The van der Waals surface area contributed by atoms with Gasteiger partial charge in [-0.25, -0.2) is 14.0 Å². The van der Waals surface area contributed by atoms with Gasteiger partial charge in [0.1, 0.15) is 17.5 Å². The van der Waals surface area contributed by atoms with Gasteiger partial charge >= 0.3 is 12.1 Å². The summed E-state index contributed by atoms with van der Waals surface area (Å²) in [5, 5.41) is 9.32. The number of carbonyl (C=O) groups excluding carboxylic acids is 1. The van der Waals surface area contributed by atoms with Crippen LogP contribution in [0.5, 0.6) is 0 Å². The average Bonchev–Trinajstić information content (AvgIpc) is 2.82. The van der Waals surface area contributed by atoms with Gasteiger partial charge in [0, 0.05) is 12.5 Å². The van der Waals surface area contributed by atoms with Crippen molar-refractivity contribution in [3.8, 4) is 0 Å². The van der Waals surface area contributed by atoms with E-state index in [0.717, 1.165) is 0 Å². The first kappa shape index (κ1) is 16.3. The summed E-state index contributed by atoms with van der Waals surface area (Å²) in [6.45, 7) is 5.27. The van der Waals surface area contributed by atoms with Crippen LogP contribution >= 0.6 is 0 Å². The first-order valence-electron chi connectivity index (χ1n) is 7.16. The van der Waals surface area contributed by atoms with Crippen molar-refractivity contribution in [3.63, 3.8) is 0 Å². The molecule has 1 aromatic rings. The van der Waals surface area contributed by atoms with Crippen LogP contribution in [-0.4, -0.2) is 40.3 Å². The Kier molecular flexibility index (Phi) is 4.39. The number of carboxylic acid groups (broad SMARTS) is 1. The summed E-state index contributed by atoms with van der Waals surface area (Å²) in [6.07, 6.45) is -0.506. The van der Waals surface area contributed by atoms with E-state index in [2.05, 4.69) is 0 Å². The molecular weight excluding hydrogens is 289 g/mol. The molecule has 0 aromatic heterocycles. The minimum Gasteiger partial charge on any atom is -0.480 e. The fourth-order valence-corrected chi connectivity index (χ4v) is 2.62. The molecule has 2 rings (SSSR count). The fourth-order valence-electron chi connectivity index (χ4n) is 2.62. The predicted molar refractivity (Wildman–Crippen MR) is 78.1 cm³/mol. The zero-order valence-corrected chi connectivity index (χ0v) is 12.9. The van der Waals surface area contributed by atoms with Crippen molar-refractivity contribution in [2.24, 2.45) is 0 Å². The van der Waals surface area contributed by atoms with E-state index in [9.17, 15) is 19.1 Å². The second-order valence-electron chi connectivity index (χ2n) is 6.44. The molecule has 1 heterocycles. The van der Waals surface area contributed by atoms with Gasteiger partial charge < -0.3 is 9.84 Å². The third kappa shape index (κ3) is 3.55. The molecule has 0 spiro atoms. The van der Waals surface area contributed by atoms with Gasteiger partial charge in [-0.2, -0.15) is 0 Å². The number of amides is 1. The number of carboxylic acids is 1. The average molecular weight is 309 g/mol. The van der Waals surface area contributed by atoms with E-state index in [1.807, 2.05) is 0 Å². The zero-order valence-electron chi connectivity index (χ0n) is 12.9. The van der Waals surface area contributed by atoms with Crippen LogP contribution < -0.4 is 0 Å². The van der Waals surface area contributed by atoms with Crippen LogP contribution in [0.4, 0.5) is 9.18 Å². The van der Waals surface area contributed by atoms with Crippen LogP contribution in [0.25, 0.3) is 0 Å². The highest BCUT2D eigenvalue weighted by molar-refractivity contribution is 5.81. The fraction of sp³-hybridized carbons (Fsp3) is 0.500. The van der Waals surface area contributed by atoms with Gasteiger partial charge in [-0.15, -0.1) is 0 Å². The smallest absolute Gasteiger partial charge is 0.411 e. The Bertz CT molecular complexity index is 582. The first-order chi connectivity index (χ1) is 10.2. The molecule has 1 amide bonds. The molecule has 1 fully saturated rings. The highest BCUT2D eigenvalue weighted by Crippen LogP contribution is 2.34. The molecule has 1 aliphatic rings. The second kappa shape index (κ2) is 5.94. The minimum absolute atomic E-state index is 0.132. The Morgan fingerprint density at radius 3 is 2.50 bits per heavy atom. The van der Waals surface area contributed by atoms with E-state index in [1.54, 1.807) is 39.0 Å². The summed E-state index contributed by atoms with van der Waals surface area (Å²) in [6, 6.07) is 5.23. The standard InChI is InChI=1S/C16H20FNO4/c1-16(2,3)22-15(21)18-9-10(8-13(18)14(19)20)11-6-4-5-7-12(11)17/h4-7,10,13H,8-9H2,1-3H3,(H,19,20)/t10?,13-/m1/s1. The molecule has 5 nitrogen and oxygen atoms in total. The normalized spacial score (nSPS) is 21.7. The molecule has 0 aliphatic carbocycles. The number of carbonyl (C=O) groups is 2. The number of nitrogens with zero attached hydrogens (tertiary/aromatic N) is 1. The van der Waals surface area contributed by atoms with Crippen LogP contribution in [0, 0.1) is 5.82 Å². The molecule has 2 atom stereocenters. The van der Waals surface area contributed by atoms with Gasteiger partial charge in [-0.05, 0) is 38.8 Å². The number of benzene rings is 1. The van der Waals surface area contributed by atoms with E-state index in [4.69, 9.17) is 4.74 Å². The lowest BCUT2D eigenvalue weighted by molar-refractivity contribution is -0.142. The predicted octanol–water partition coefficient (Wildman–Crippen LogP) is 3.00. The minimum atomic E-state index is -1.11. The highest BCUT2D eigenvalue weighted by atomic mass is 19.1. The molecule has 6 heteroatoms. The Balaban J connectivity index is 2.22. The Morgan fingerprint density at radius 2 is 1.95 bits per heavy atom. The van der Waals surface area contributed by atoms with Gasteiger partial charge in [0.05, 0.1) is 0 Å². The van der Waals surface area contributed by atoms with Crippen LogP contribution in [-0.2, 0) is 9.53 Å². The zero-order chi connectivity index (χ0) is 16.5.